The number of aryl methyl sites for hydroxylation is 1. The Hall–Kier alpha value is -2.58. The molecule has 1 fully saturated rings. The van der Waals surface area contributed by atoms with Crippen LogP contribution < -0.4 is 10.1 Å². The molecule has 0 radical (unpaired) electrons. The minimum atomic E-state index is -0.176. The van der Waals surface area contributed by atoms with Crippen LogP contribution in [0.5, 0.6) is 5.75 Å². The summed E-state index contributed by atoms with van der Waals surface area (Å²) < 4.78 is 10.4. The van der Waals surface area contributed by atoms with Crippen LogP contribution in [-0.2, 0) is 4.79 Å². The molecule has 1 saturated heterocycles. The Balaban J connectivity index is 1.31. The lowest BCUT2D eigenvalue weighted by Crippen LogP contribution is -2.50. The molecule has 2 amide bonds. The summed E-state index contributed by atoms with van der Waals surface area (Å²) in [5.74, 6) is 0.940. The minimum Gasteiger partial charge on any atom is -0.484 e. The van der Waals surface area contributed by atoms with Crippen LogP contribution in [0.2, 0.25) is 5.02 Å². The zero-order chi connectivity index (χ0) is 19.9. The zero-order valence-electron chi connectivity index (χ0n) is 15.7. The number of nitrogens with zero attached hydrogens (tertiary/aromatic N) is 3. The van der Waals surface area contributed by atoms with Gasteiger partial charge in [0, 0.05) is 50.4 Å². The number of carbonyl (C=O) groups is 2. The third-order valence-corrected chi connectivity index (χ3v) is 4.69. The van der Waals surface area contributed by atoms with E-state index in [1.165, 1.54) is 0 Å². The quantitative estimate of drug-likeness (QED) is 0.751. The van der Waals surface area contributed by atoms with Gasteiger partial charge in [0.1, 0.15) is 11.5 Å². The van der Waals surface area contributed by atoms with Gasteiger partial charge in [-0.15, -0.1) is 0 Å². The fourth-order valence-corrected chi connectivity index (χ4v) is 3.01. The van der Waals surface area contributed by atoms with Crippen molar-refractivity contribution in [2.45, 2.75) is 6.92 Å². The summed E-state index contributed by atoms with van der Waals surface area (Å²) in [6, 6.07) is 8.51. The second-order valence-electron chi connectivity index (χ2n) is 6.55. The summed E-state index contributed by atoms with van der Waals surface area (Å²) in [5, 5.41) is 7.24. The van der Waals surface area contributed by atoms with Crippen LogP contribution >= 0.6 is 11.6 Å². The van der Waals surface area contributed by atoms with Crippen LogP contribution in [0.3, 0.4) is 0 Å². The van der Waals surface area contributed by atoms with Crippen molar-refractivity contribution in [2.24, 2.45) is 0 Å². The van der Waals surface area contributed by atoms with Crippen LogP contribution in [0, 0.1) is 6.92 Å². The second-order valence-corrected chi connectivity index (χ2v) is 6.99. The minimum absolute atomic E-state index is 0.0406. The highest BCUT2D eigenvalue weighted by Gasteiger charge is 2.24. The van der Waals surface area contributed by atoms with Crippen molar-refractivity contribution >= 4 is 23.4 Å². The number of nitrogens with one attached hydrogen (secondary N) is 1. The summed E-state index contributed by atoms with van der Waals surface area (Å²) >= 11 is 5.81. The molecule has 2 aromatic rings. The van der Waals surface area contributed by atoms with E-state index in [0.29, 0.717) is 41.9 Å². The Morgan fingerprint density at radius 1 is 1.21 bits per heavy atom. The highest BCUT2D eigenvalue weighted by molar-refractivity contribution is 6.30. The van der Waals surface area contributed by atoms with Crippen molar-refractivity contribution in [1.82, 2.24) is 20.3 Å². The van der Waals surface area contributed by atoms with E-state index in [4.69, 9.17) is 20.9 Å². The van der Waals surface area contributed by atoms with Gasteiger partial charge in [0.15, 0.2) is 12.3 Å². The van der Waals surface area contributed by atoms with Crippen LogP contribution in [0.25, 0.3) is 0 Å². The first kappa shape index (κ1) is 20.2. The first-order valence-corrected chi connectivity index (χ1v) is 9.49. The molecule has 1 aliphatic heterocycles. The maximum atomic E-state index is 12.3. The maximum Gasteiger partial charge on any atom is 0.276 e. The molecule has 0 aliphatic carbocycles. The Kier molecular flexibility index (Phi) is 6.89. The largest absolute Gasteiger partial charge is 0.484 e. The molecule has 1 aromatic carbocycles. The predicted octanol–water partition coefficient (Wildman–Crippen LogP) is 1.59. The number of benzene rings is 1. The Morgan fingerprint density at radius 3 is 2.57 bits per heavy atom. The lowest BCUT2D eigenvalue weighted by molar-refractivity contribution is -0.123. The number of hydrogen-bond donors (Lipinski definition) is 1. The van der Waals surface area contributed by atoms with Crippen molar-refractivity contribution in [3.63, 3.8) is 0 Å². The van der Waals surface area contributed by atoms with E-state index in [1.807, 2.05) is 0 Å². The summed E-state index contributed by atoms with van der Waals surface area (Å²) in [6.07, 6.45) is 0. The highest BCUT2D eigenvalue weighted by atomic mass is 35.5. The fourth-order valence-electron chi connectivity index (χ4n) is 2.89. The Morgan fingerprint density at radius 2 is 1.93 bits per heavy atom. The molecule has 8 nitrogen and oxygen atoms in total. The number of halogens is 1. The van der Waals surface area contributed by atoms with Crippen molar-refractivity contribution in [2.75, 3.05) is 45.9 Å². The van der Waals surface area contributed by atoms with Gasteiger partial charge in [-0.3, -0.25) is 14.5 Å². The fraction of sp³-hybridized carbons (Fsp3) is 0.421. The number of piperazine rings is 1. The molecule has 0 saturated carbocycles. The molecule has 2 heterocycles. The molecular weight excluding hydrogens is 384 g/mol. The van der Waals surface area contributed by atoms with E-state index in [1.54, 1.807) is 42.2 Å². The average Bonchev–Trinajstić information content (AvgIpc) is 3.14. The second kappa shape index (κ2) is 9.57. The number of carbonyl (C=O) groups excluding carboxylic acids is 2. The number of hydrogen-bond acceptors (Lipinski definition) is 6. The van der Waals surface area contributed by atoms with E-state index >= 15 is 0 Å². The van der Waals surface area contributed by atoms with Crippen LogP contribution in [0.15, 0.2) is 34.9 Å². The van der Waals surface area contributed by atoms with E-state index in [2.05, 4.69) is 15.4 Å². The highest BCUT2D eigenvalue weighted by Crippen LogP contribution is 2.15. The van der Waals surface area contributed by atoms with Crippen LogP contribution in [0.1, 0.15) is 16.2 Å². The van der Waals surface area contributed by atoms with Gasteiger partial charge in [-0.25, -0.2) is 0 Å². The lowest BCUT2D eigenvalue weighted by Gasteiger charge is -2.34. The summed E-state index contributed by atoms with van der Waals surface area (Å²) in [4.78, 5) is 28.2. The molecule has 0 spiro atoms. The van der Waals surface area contributed by atoms with E-state index in [-0.39, 0.29) is 18.4 Å². The molecule has 1 N–H and O–H groups in total. The van der Waals surface area contributed by atoms with E-state index in [9.17, 15) is 9.59 Å². The van der Waals surface area contributed by atoms with Gasteiger partial charge in [0.2, 0.25) is 0 Å². The van der Waals surface area contributed by atoms with Gasteiger partial charge in [-0.2, -0.15) is 0 Å². The summed E-state index contributed by atoms with van der Waals surface area (Å²) in [7, 11) is 0. The average molecular weight is 407 g/mol. The van der Waals surface area contributed by atoms with Gasteiger partial charge < -0.3 is 19.5 Å². The molecular formula is C19H23ClN4O4. The van der Waals surface area contributed by atoms with Crippen molar-refractivity contribution in [1.29, 1.82) is 0 Å². The van der Waals surface area contributed by atoms with Gasteiger partial charge in [-0.05, 0) is 31.2 Å². The number of aromatic nitrogens is 1. The van der Waals surface area contributed by atoms with Crippen molar-refractivity contribution in [3.05, 3.63) is 46.8 Å². The SMILES string of the molecule is Cc1cc(C(=O)N2CCN(CCNC(=O)COc3ccc(Cl)cc3)CC2)no1. The van der Waals surface area contributed by atoms with Gasteiger partial charge >= 0.3 is 0 Å². The first-order chi connectivity index (χ1) is 13.5. The van der Waals surface area contributed by atoms with Crippen molar-refractivity contribution in [3.8, 4) is 5.75 Å². The molecule has 1 aliphatic rings. The maximum absolute atomic E-state index is 12.3. The monoisotopic (exact) mass is 406 g/mol. The number of amides is 2. The number of rotatable bonds is 7. The smallest absolute Gasteiger partial charge is 0.276 e. The summed E-state index contributed by atoms with van der Waals surface area (Å²) in [5.41, 5.74) is 0.346. The molecule has 0 atom stereocenters. The summed E-state index contributed by atoms with van der Waals surface area (Å²) in [6.45, 7) is 5.71. The Labute approximate surface area is 168 Å². The zero-order valence-corrected chi connectivity index (χ0v) is 16.4. The van der Waals surface area contributed by atoms with Crippen LogP contribution in [-0.4, -0.2) is 72.6 Å². The first-order valence-electron chi connectivity index (χ1n) is 9.11. The molecule has 9 heteroatoms. The van der Waals surface area contributed by atoms with Gasteiger partial charge in [0.25, 0.3) is 11.8 Å². The third kappa shape index (κ3) is 5.71. The van der Waals surface area contributed by atoms with Crippen molar-refractivity contribution < 1.29 is 18.8 Å². The normalized spacial score (nSPS) is 14.7. The standard InChI is InChI=1S/C19H23ClN4O4/c1-14-12-17(22-28-14)19(26)24-10-8-23(9-11-24)7-6-21-18(25)13-27-16-4-2-15(20)3-5-16/h2-5,12H,6-11,13H2,1H3,(H,21,25). The van der Waals surface area contributed by atoms with E-state index in [0.717, 1.165) is 19.6 Å². The van der Waals surface area contributed by atoms with Gasteiger partial charge in [-0.1, -0.05) is 16.8 Å². The van der Waals surface area contributed by atoms with E-state index < -0.39 is 0 Å². The molecule has 0 unspecified atom stereocenters. The molecule has 28 heavy (non-hydrogen) atoms. The van der Waals surface area contributed by atoms with Gasteiger partial charge in [0.05, 0.1) is 0 Å². The topological polar surface area (TPSA) is 87.9 Å². The third-order valence-electron chi connectivity index (χ3n) is 4.44. The lowest BCUT2D eigenvalue weighted by atomic mass is 10.2. The number of ether oxygens (including phenoxy) is 1. The predicted molar refractivity (Wildman–Crippen MR) is 104 cm³/mol. The molecule has 1 aromatic heterocycles. The van der Waals surface area contributed by atoms with Crippen LogP contribution in [0.4, 0.5) is 0 Å². The molecule has 150 valence electrons. The molecule has 0 bridgehead atoms. The molecule has 3 rings (SSSR count). The Bertz CT molecular complexity index is 801.